The van der Waals surface area contributed by atoms with Crippen molar-refractivity contribution in [1.29, 1.82) is 0 Å². The van der Waals surface area contributed by atoms with Crippen LogP contribution in [-0.2, 0) is 14.3 Å². The predicted molar refractivity (Wildman–Crippen MR) is 301 cm³/mol. The van der Waals surface area contributed by atoms with Gasteiger partial charge in [-0.25, -0.2) is 0 Å². The highest BCUT2D eigenvalue weighted by Gasteiger charge is 2.18. The van der Waals surface area contributed by atoms with Crippen molar-refractivity contribution < 1.29 is 24.5 Å². The van der Waals surface area contributed by atoms with E-state index in [1.807, 2.05) is 6.08 Å². The number of aliphatic hydroxyl groups excluding tert-OH is 2. The van der Waals surface area contributed by atoms with Crippen LogP contribution in [0.15, 0.2) is 48.6 Å². The highest BCUT2D eigenvalue weighted by atomic mass is 16.5. The summed E-state index contributed by atoms with van der Waals surface area (Å²) in [5.41, 5.74) is 0. The third-order valence-corrected chi connectivity index (χ3v) is 13.8. The minimum atomic E-state index is -0.850. The molecule has 0 aliphatic heterocycles. The van der Waals surface area contributed by atoms with E-state index in [1.54, 1.807) is 6.08 Å². The second-order valence-corrected chi connectivity index (χ2v) is 20.7. The summed E-state index contributed by atoms with van der Waals surface area (Å²) in [5.74, 6) is -0.0825. The molecule has 0 rings (SSSR count). The average Bonchev–Trinajstić information content (AvgIpc) is 3.35. The van der Waals surface area contributed by atoms with E-state index < -0.39 is 12.1 Å². The van der Waals surface area contributed by atoms with Gasteiger partial charge in [-0.05, 0) is 83.5 Å². The number of ether oxygens (including phenoxy) is 1. The van der Waals surface area contributed by atoms with Gasteiger partial charge in [0.25, 0.3) is 0 Å². The molecule has 0 aliphatic rings. The molecule has 0 aromatic rings. The molecule has 0 radical (unpaired) electrons. The number of nitrogens with one attached hydrogen (secondary N) is 1. The first-order valence-electron chi connectivity index (χ1n) is 30.4. The lowest BCUT2D eigenvalue weighted by atomic mass is 10.0. The van der Waals surface area contributed by atoms with Gasteiger partial charge in [0.15, 0.2) is 0 Å². The molecule has 0 aromatic carbocycles. The number of hydrogen-bond donors (Lipinski definition) is 3. The molecular formula is C63H117NO5. The van der Waals surface area contributed by atoms with Gasteiger partial charge in [0.05, 0.1) is 25.4 Å². The summed E-state index contributed by atoms with van der Waals surface area (Å²) < 4.78 is 5.47. The second kappa shape index (κ2) is 58.4. The number of amides is 1. The molecule has 6 nitrogen and oxygen atoms in total. The molecule has 0 saturated carbocycles. The van der Waals surface area contributed by atoms with Crippen LogP contribution in [0, 0.1) is 0 Å². The molecule has 0 saturated heterocycles. The number of esters is 1. The number of aliphatic hydroxyl groups is 2. The van der Waals surface area contributed by atoms with Gasteiger partial charge in [-0.2, -0.15) is 0 Å². The van der Waals surface area contributed by atoms with Crippen LogP contribution in [0.2, 0.25) is 0 Å². The quantitative estimate of drug-likeness (QED) is 0.0321. The second-order valence-electron chi connectivity index (χ2n) is 20.7. The lowest BCUT2D eigenvalue weighted by Crippen LogP contribution is -2.45. The molecule has 0 fully saturated rings. The Morgan fingerprint density at radius 1 is 0.406 bits per heavy atom. The van der Waals surface area contributed by atoms with Gasteiger partial charge in [0.1, 0.15) is 0 Å². The van der Waals surface area contributed by atoms with E-state index in [0.29, 0.717) is 19.4 Å². The maximum atomic E-state index is 12.5. The van der Waals surface area contributed by atoms with E-state index >= 15 is 0 Å². The van der Waals surface area contributed by atoms with Crippen LogP contribution in [0.3, 0.4) is 0 Å². The standard InChI is InChI=1S/C63H117NO5/c1-3-5-7-9-11-13-15-17-19-25-28-31-35-39-43-47-51-55-61(66)60(59-65)64-62(67)56-52-48-44-40-36-32-29-26-23-21-20-22-24-27-30-34-38-42-46-50-54-58-69-63(68)57-53-49-45-41-37-33-18-16-14-12-10-8-6-4-2/h10,12,16,18,21,23,51,55,60-61,65-66H,3-9,11,13-15,17,19-20,22,24-50,52-54,56-59H2,1-2H3,(H,64,67)/b12-10-,18-16-,23-21-,55-51+. The summed E-state index contributed by atoms with van der Waals surface area (Å²) >= 11 is 0. The Morgan fingerprint density at radius 2 is 0.739 bits per heavy atom. The Morgan fingerprint density at radius 3 is 1.16 bits per heavy atom. The van der Waals surface area contributed by atoms with Crippen LogP contribution < -0.4 is 5.32 Å². The summed E-state index contributed by atoms with van der Waals surface area (Å²) in [4.78, 5) is 24.5. The van der Waals surface area contributed by atoms with Crippen LogP contribution in [0.1, 0.15) is 316 Å². The summed E-state index contributed by atoms with van der Waals surface area (Å²) in [7, 11) is 0. The van der Waals surface area contributed by atoms with E-state index in [1.165, 1.54) is 231 Å². The summed E-state index contributed by atoms with van der Waals surface area (Å²) in [6.45, 7) is 4.86. The molecule has 2 unspecified atom stereocenters. The zero-order valence-electron chi connectivity index (χ0n) is 46.0. The SMILES string of the molecule is CCCC/C=C\C/C=C\CCCCCCCC(=O)OCCCCCCCCCCCC/C=C\CCCCCCCCCC(=O)NC(CO)C(O)/C=C/CCCCCCCCCCCCCCCCC. The highest BCUT2D eigenvalue weighted by molar-refractivity contribution is 5.76. The fraction of sp³-hybridized carbons (Fsp3) is 0.841. The van der Waals surface area contributed by atoms with Crippen LogP contribution in [0.5, 0.6) is 0 Å². The third-order valence-electron chi connectivity index (χ3n) is 13.8. The summed E-state index contributed by atoms with van der Waals surface area (Å²) in [6, 6.07) is -0.635. The highest BCUT2D eigenvalue weighted by Crippen LogP contribution is 2.16. The number of unbranched alkanes of at least 4 members (excludes halogenated alkanes) is 39. The molecule has 3 N–H and O–H groups in total. The van der Waals surface area contributed by atoms with Gasteiger partial charge < -0.3 is 20.3 Å². The fourth-order valence-electron chi connectivity index (χ4n) is 9.12. The van der Waals surface area contributed by atoms with Crippen LogP contribution in [0.25, 0.3) is 0 Å². The molecule has 2 atom stereocenters. The molecule has 0 heterocycles. The zero-order chi connectivity index (χ0) is 50.0. The summed E-state index contributed by atoms with van der Waals surface area (Å²) in [6.07, 6.45) is 74.2. The minimum absolute atomic E-state index is 0.00740. The maximum absolute atomic E-state index is 12.5. The largest absolute Gasteiger partial charge is 0.466 e. The topological polar surface area (TPSA) is 95.9 Å². The van der Waals surface area contributed by atoms with Crippen molar-refractivity contribution in [3.8, 4) is 0 Å². The molecule has 0 bridgehead atoms. The lowest BCUT2D eigenvalue weighted by Gasteiger charge is -2.20. The Kier molecular flexibility index (Phi) is 56.5. The van der Waals surface area contributed by atoms with Gasteiger partial charge in [0, 0.05) is 12.8 Å². The molecular weight excluding hydrogens is 851 g/mol. The number of carbonyl (C=O) groups excluding carboxylic acids is 2. The van der Waals surface area contributed by atoms with Crippen LogP contribution >= 0.6 is 0 Å². The first kappa shape index (κ1) is 66.8. The van der Waals surface area contributed by atoms with Gasteiger partial charge >= 0.3 is 5.97 Å². The van der Waals surface area contributed by atoms with E-state index in [0.717, 1.165) is 57.8 Å². The fourth-order valence-corrected chi connectivity index (χ4v) is 9.12. The van der Waals surface area contributed by atoms with Gasteiger partial charge in [-0.3, -0.25) is 9.59 Å². The number of hydrogen-bond acceptors (Lipinski definition) is 5. The molecule has 6 heteroatoms. The number of rotatable bonds is 56. The smallest absolute Gasteiger partial charge is 0.305 e. The van der Waals surface area contributed by atoms with Gasteiger partial charge in [-0.15, -0.1) is 0 Å². The molecule has 1 amide bonds. The molecule has 0 aromatic heterocycles. The Bertz CT molecular complexity index is 1160. The molecule has 0 spiro atoms. The van der Waals surface area contributed by atoms with E-state index in [2.05, 4.69) is 55.6 Å². The Hall–Kier alpha value is -2.18. The molecule has 0 aliphatic carbocycles. The van der Waals surface area contributed by atoms with Crippen molar-refractivity contribution in [3.05, 3.63) is 48.6 Å². The first-order chi connectivity index (χ1) is 34.0. The predicted octanol–water partition coefficient (Wildman–Crippen LogP) is 19.0. The molecule has 69 heavy (non-hydrogen) atoms. The van der Waals surface area contributed by atoms with Crippen molar-refractivity contribution in [3.63, 3.8) is 0 Å². The number of allylic oxidation sites excluding steroid dienone is 7. The van der Waals surface area contributed by atoms with Crippen molar-refractivity contribution in [1.82, 2.24) is 5.32 Å². The van der Waals surface area contributed by atoms with E-state index in [9.17, 15) is 19.8 Å². The Labute approximate surface area is 429 Å². The maximum Gasteiger partial charge on any atom is 0.305 e. The molecule has 404 valence electrons. The number of carbonyl (C=O) groups is 2. The van der Waals surface area contributed by atoms with E-state index in [4.69, 9.17) is 4.74 Å². The van der Waals surface area contributed by atoms with Crippen LogP contribution in [-0.4, -0.2) is 47.4 Å². The monoisotopic (exact) mass is 968 g/mol. The normalized spacial score (nSPS) is 12.9. The lowest BCUT2D eigenvalue weighted by molar-refractivity contribution is -0.143. The van der Waals surface area contributed by atoms with Crippen molar-refractivity contribution in [2.24, 2.45) is 0 Å². The first-order valence-corrected chi connectivity index (χ1v) is 30.4. The van der Waals surface area contributed by atoms with Gasteiger partial charge in [0.2, 0.25) is 5.91 Å². The zero-order valence-corrected chi connectivity index (χ0v) is 46.0. The average molecular weight is 969 g/mol. The van der Waals surface area contributed by atoms with Gasteiger partial charge in [-0.1, -0.05) is 268 Å². The summed E-state index contributed by atoms with van der Waals surface area (Å²) in [5, 5.41) is 23.1. The van der Waals surface area contributed by atoms with Crippen molar-refractivity contribution in [2.45, 2.75) is 328 Å². The van der Waals surface area contributed by atoms with Crippen molar-refractivity contribution >= 4 is 11.9 Å². The minimum Gasteiger partial charge on any atom is -0.466 e. The third kappa shape index (κ3) is 55.0. The van der Waals surface area contributed by atoms with E-state index in [-0.39, 0.29) is 18.5 Å². The van der Waals surface area contributed by atoms with Crippen molar-refractivity contribution in [2.75, 3.05) is 13.2 Å². The Balaban J connectivity index is 3.47. The van der Waals surface area contributed by atoms with Crippen LogP contribution in [0.4, 0.5) is 0 Å².